The second-order valence-electron chi connectivity index (χ2n) is 2.58. The quantitative estimate of drug-likeness (QED) is 0.817. The van der Waals surface area contributed by atoms with Crippen LogP contribution < -0.4 is 4.72 Å². The summed E-state index contributed by atoms with van der Waals surface area (Å²) in [6.07, 6.45) is 0. The van der Waals surface area contributed by atoms with Gasteiger partial charge in [0.2, 0.25) is 10.0 Å². The summed E-state index contributed by atoms with van der Waals surface area (Å²) < 4.78 is 24.6. The lowest BCUT2D eigenvalue weighted by atomic mass is 10.3. The Morgan fingerprint density at radius 1 is 1.69 bits per heavy atom. The smallest absolute Gasteiger partial charge is 0.211 e. The van der Waals surface area contributed by atoms with E-state index in [0.717, 1.165) is 4.88 Å². The molecular weight excluding hydrogens is 230 g/mol. The summed E-state index contributed by atoms with van der Waals surface area (Å²) in [6, 6.07) is 3.56. The Morgan fingerprint density at radius 3 is 2.85 bits per heavy atom. The monoisotopic (exact) mass is 239 g/mol. The van der Waals surface area contributed by atoms with Gasteiger partial charge in [-0.15, -0.1) is 22.9 Å². The largest absolute Gasteiger partial charge is 0.226 e. The number of hydrogen-bond acceptors (Lipinski definition) is 3. The molecule has 1 N–H and O–H groups in total. The Bertz CT molecular complexity index is 347. The van der Waals surface area contributed by atoms with Crippen molar-refractivity contribution in [3.05, 3.63) is 22.4 Å². The molecule has 1 rings (SSSR count). The third-order valence-electron chi connectivity index (χ3n) is 1.47. The third-order valence-corrected chi connectivity index (χ3v) is 4.39. The molecule has 0 amide bonds. The number of thiophene rings is 1. The first-order valence-corrected chi connectivity index (χ1v) is 6.71. The van der Waals surface area contributed by atoms with Gasteiger partial charge in [-0.1, -0.05) is 6.07 Å². The third kappa shape index (κ3) is 3.27. The van der Waals surface area contributed by atoms with Crippen LogP contribution in [0.5, 0.6) is 0 Å². The molecule has 1 atom stereocenters. The highest BCUT2D eigenvalue weighted by Crippen LogP contribution is 2.18. The Morgan fingerprint density at radius 2 is 2.38 bits per heavy atom. The van der Waals surface area contributed by atoms with Crippen molar-refractivity contribution in [1.29, 1.82) is 0 Å². The number of sulfonamides is 1. The van der Waals surface area contributed by atoms with Gasteiger partial charge in [0.05, 0.1) is 6.04 Å². The van der Waals surface area contributed by atoms with E-state index in [2.05, 4.69) is 4.72 Å². The Kier molecular flexibility index (Phi) is 3.73. The number of rotatable bonds is 4. The van der Waals surface area contributed by atoms with Gasteiger partial charge in [-0.25, -0.2) is 13.1 Å². The Hall–Kier alpha value is -0.100. The van der Waals surface area contributed by atoms with Crippen LogP contribution in [0.15, 0.2) is 17.5 Å². The van der Waals surface area contributed by atoms with E-state index in [0.29, 0.717) is 0 Å². The van der Waals surface area contributed by atoms with Crippen LogP contribution in [0.1, 0.15) is 17.8 Å². The van der Waals surface area contributed by atoms with Crippen molar-refractivity contribution in [3.8, 4) is 0 Å². The standard InChI is InChI=1S/C7H10ClNO2S2/c1-6(7-3-2-4-12-7)9-13(10,11)5-8/h2-4,6,9H,5H2,1H3/t6-/m0/s1. The fraction of sp³-hybridized carbons (Fsp3) is 0.429. The summed E-state index contributed by atoms with van der Waals surface area (Å²) in [5.74, 6) is 0. The molecule has 0 bridgehead atoms. The van der Waals surface area contributed by atoms with Crippen molar-refractivity contribution in [2.45, 2.75) is 13.0 Å². The maximum Gasteiger partial charge on any atom is 0.226 e. The van der Waals surface area contributed by atoms with E-state index in [4.69, 9.17) is 11.6 Å². The maximum absolute atomic E-state index is 11.1. The number of alkyl halides is 1. The first-order valence-electron chi connectivity index (χ1n) is 3.64. The molecular formula is C7H10ClNO2S2. The normalized spacial score (nSPS) is 14.3. The first kappa shape index (κ1) is 11.0. The van der Waals surface area contributed by atoms with E-state index >= 15 is 0 Å². The zero-order valence-electron chi connectivity index (χ0n) is 7.03. The van der Waals surface area contributed by atoms with Crippen LogP contribution in [0, 0.1) is 0 Å². The van der Waals surface area contributed by atoms with E-state index < -0.39 is 15.2 Å². The molecule has 0 radical (unpaired) electrons. The topological polar surface area (TPSA) is 46.2 Å². The lowest BCUT2D eigenvalue weighted by Gasteiger charge is -2.10. The lowest BCUT2D eigenvalue weighted by Crippen LogP contribution is -2.26. The molecule has 0 unspecified atom stereocenters. The molecule has 1 aromatic heterocycles. The van der Waals surface area contributed by atoms with Gasteiger partial charge in [-0.05, 0) is 18.4 Å². The van der Waals surface area contributed by atoms with Crippen molar-refractivity contribution in [1.82, 2.24) is 4.72 Å². The van der Waals surface area contributed by atoms with Crippen LogP contribution in [0.4, 0.5) is 0 Å². The van der Waals surface area contributed by atoms with Crippen molar-refractivity contribution in [2.24, 2.45) is 0 Å². The summed E-state index contributed by atoms with van der Waals surface area (Å²) in [6.45, 7) is 1.79. The minimum atomic E-state index is -3.32. The van der Waals surface area contributed by atoms with Crippen LogP contribution in [0.25, 0.3) is 0 Å². The van der Waals surface area contributed by atoms with Crippen LogP contribution in [0.3, 0.4) is 0 Å². The second kappa shape index (κ2) is 4.41. The average Bonchev–Trinajstić information content (AvgIpc) is 2.55. The van der Waals surface area contributed by atoms with Gasteiger partial charge in [-0.3, -0.25) is 0 Å². The molecule has 6 heteroatoms. The summed E-state index contributed by atoms with van der Waals surface area (Å²) in [5, 5.41) is 1.50. The maximum atomic E-state index is 11.1. The molecule has 1 heterocycles. The van der Waals surface area contributed by atoms with E-state index in [1.807, 2.05) is 17.5 Å². The van der Waals surface area contributed by atoms with E-state index in [-0.39, 0.29) is 6.04 Å². The zero-order valence-corrected chi connectivity index (χ0v) is 9.42. The SMILES string of the molecule is C[C@H](NS(=O)(=O)CCl)c1cccs1. The van der Waals surface area contributed by atoms with Crippen LogP contribution in [0.2, 0.25) is 0 Å². The van der Waals surface area contributed by atoms with Gasteiger partial charge >= 0.3 is 0 Å². The number of hydrogen-bond donors (Lipinski definition) is 1. The molecule has 13 heavy (non-hydrogen) atoms. The average molecular weight is 240 g/mol. The molecule has 0 saturated heterocycles. The molecule has 0 aliphatic carbocycles. The van der Waals surface area contributed by atoms with E-state index in [1.165, 1.54) is 11.3 Å². The van der Waals surface area contributed by atoms with Gasteiger partial charge in [0, 0.05) is 4.88 Å². The van der Waals surface area contributed by atoms with Crippen molar-refractivity contribution in [3.63, 3.8) is 0 Å². The highest BCUT2D eigenvalue weighted by Gasteiger charge is 2.14. The Balaban J connectivity index is 2.67. The van der Waals surface area contributed by atoms with Crippen molar-refractivity contribution >= 4 is 33.0 Å². The summed E-state index contributed by atoms with van der Waals surface area (Å²) in [5.41, 5.74) is 0. The molecule has 0 fully saturated rings. The summed E-state index contributed by atoms with van der Waals surface area (Å²) in [7, 11) is -3.32. The van der Waals surface area contributed by atoms with Crippen molar-refractivity contribution < 1.29 is 8.42 Å². The predicted molar refractivity (Wildman–Crippen MR) is 55.5 cm³/mol. The zero-order chi connectivity index (χ0) is 9.90. The predicted octanol–water partition coefficient (Wildman–Crippen LogP) is 1.92. The summed E-state index contributed by atoms with van der Waals surface area (Å²) in [4.78, 5) is 0.980. The molecule has 3 nitrogen and oxygen atoms in total. The van der Waals surface area contributed by atoms with Crippen LogP contribution in [-0.4, -0.2) is 13.6 Å². The molecule has 74 valence electrons. The van der Waals surface area contributed by atoms with Crippen molar-refractivity contribution in [2.75, 3.05) is 5.21 Å². The second-order valence-corrected chi connectivity index (χ2v) is 5.90. The highest BCUT2D eigenvalue weighted by atomic mass is 35.5. The highest BCUT2D eigenvalue weighted by molar-refractivity contribution is 7.90. The first-order chi connectivity index (χ1) is 6.05. The molecule has 0 aliphatic heterocycles. The van der Waals surface area contributed by atoms with Gasteiger partial charge in [0.1, 0.15) is 5.21 Å². The molecule has 0 aromatic carbocycles. The minimum absolute atomic E-state index is 0.205. The Labute approximate surface area is 86.8 Å². The van der Waals surface area contributed by atoms with Gasteiger partial charge in [0.15, 0.2) is 0 Å². The fourth-order valence-corrected chi connectivity index (χ4v) is 2.62. The van der Waals surface area contributed by atoms with Crippen LogP contribution >= 0.6 is 22.9 Å². The minimum Gasteiger partial charge on any atom is -0.211 e. The molecule has 0 aliphatic rings. The van der Waals surface area contributed by atoms with Gasteiger partial charge in [-0.2, -0.15) is 0 Å². The summed E-state index contributed by atoms with van der Waals surface area (Å²) >= 11 is 6.76. The molecule has 0 saturated carbocycles. The van der Waals surface area contributed by atoms with E-state index in [9.17, 15) is 8.42 Å². The van der Waals surface area contributed by atoms with Crippen LogP contribution in [-0.2, 0) is 10.0 Å². The van der Waals surface area contributed by atoms with Gasteiger partial charge < -0.3 is 0 Å². The fourth-order valence-electron chi connectivity index (χ4n) is 0.897. The lowest BCUT2D eigenvalue weighted by molar-refractivity contribution is 0.573. The van der Waals surface area contributed by atoms with E-state index in [1.54, 1.807) is 6.92 Å². The molecule has 1 aromatic rings. The number of nitrogens with one attached hydrogen (secondary N) is 1. The molecule has 0 spiro atoms. The van der Waals surface area contributed by atoms with Gasteiger partial charge in [0.25, 0.3) is 0 Å². The number of halogens is 1.